The SMILES string of the molecule is [B]/C=C([B])/C([B])=C/C=C(/[B])c1ccccc1/C(=C\C=C\CC)c1c2ccccc2c(-c2ccccc2)c2ccccc12. The van der Waals surface area contributed by atoms with Gasteiger partial charge < -0.3 is 0 Å². The van der Waals surface area contributed by atoms with E-state index in [-0.39, 0.29) is 0 Å². The summed E-state index contributed by atoms with van der Waals surface area (Å²) in [7, 11) is 24.2. The van der Waals surface area contributed by atoms with Crippen molar-refractivity contribution in [2.24, 2.45) is 0 Å². The molecule has 5 rings (SSSR count). The van der Waals surface area contributed by atoms with E-state index < -0.39 is 0 Å². The molecule has 0 heterocycles. The second-order valence-electron chi connectivity index (χ2n) is 10.0. The fourth-order valence-corrected chi connectivity index (χ4v) is 5.37. The van der Waals surface area contributed by atoms with Crippen LogP contribution in [0.3, 0.4) is 0 Å². The Balaban J connectivity index is 1.85. The number of hydrogen-bond acceptors (Lipinski definition) is 0. The maximum Gasteiger partial charge on any atom is 0.114 e. The summed E-state index contributed by atoms with van der Waals surface area (Å²) in [5, 5.41) is 4.74. The van der Waals surface area contributed by atoms with E-state index in [9.17, 15) is 0 Å². The molecule has 0 nitrogen and oxygen atoms in total. The van der Waals surface area contributed by atoms with Crippen LogP contribution >= 0.6 is 0 Å². The van der Waals surface area contributed by atoms with E-state index >= 15 is 0 Å². The minimum absolute atomic E-state index is 0.300. The summed E-state index contributed by atoms with van der Waals surface area (Å²) in [6.45, 7) is 2.14. The van der Waals surface area contributed by atoms with Crippen molar-refractivity contribution in [3.63, 3.8) is 0 Å². The van der Waals surface area contributed by atoms with Crippen LogP contribution in [0.4, 0.5) is 0 Å². The summed E-state index contributed by atoms with van der Waals surface area (Å²) in [6.07, 6.45) is 10.9. The third kappa shape index (κ3) is 5.95. The van der Waals surface area contributed by atoms with Crippen molar-refractivity contribution in [3.05, 3.63) is 167 Å². The molecule has 42 heavy (non-hydrogen) atoms. The lowest BCUT2D eigenvalue weighted by Crippen LogP contribution is -1.99. The van der Waals surface area contributed by atoms with Gasteiger partial charge in [-0.15, -0.1) is 16.9 Å². The molecule has 0 saturated heterocycles. The number of allylic oxidation sites excluding steroid dienone is 7. The Morgan fingerprint density at radius 1 is 0.595 bits per heavy atom. The Kier molecular flexibility index (Phi) is 9.34. The van der Waals surface area contributed by atoms with Crippen molar-refractivity contribution in [1.82, 2.24) is 0 Å². The number of fused-ring (bicyclic) bond motifs is 2. The monoisotopic (exact) mass is 528 g/mol. The molecule has 0 amide bonds. The van der Waals surface area contributed by atoms with Gasteiger partial charge in [-0.2, -0.15) is 0 Å². The second kappa shape index (κ2) is 13.5. The predicted molar refractivity (Wildman–Crippen MR) is 187 cm³/mol. The zero-order valence-electron chi connectivity index (χ0n) is 23.8. The Labute approximate surface area is 254 Å². The summed E-state index contributed by atoms with van der Waals surface area (Å²) in [4.78, 5) is 0. The van der Waals surface area contributed by atoms with Crippen LogP contribution in [0.15, 0.2) is 150 Å². The van der Waals surface area contributed by atoms with E-state index in [0.29, 0.717) is 16.4 Å². The van der Waals surface area contributed by atoms with E-state index in [1.165, 1.54) is 38.6 Å². The molecule has 0 unspecified atom stereocenters. The molecule has 0 bridgehead atoms. The molecule has 0 fully saturated rings. The van der Waals surface area contributed by atoms with E-state index in [1.54, 1.807) is 12.2 Å². The number of benzene rings is 5. The average molecular weight is 528 g/mol. The Morgan fingerprint density at radius 2 is 1.14 bits per heavy atom. The maximum atomic E-state index is 6.71. The van der Waals surface area contributed by atoms with Crippen LogP contribution in [0.5, 0.6) is 0 Å². The standard InChI is InChI=1S/C38H28B4/c1-2-3-5-18-29(27-16-8-9-17-28(27)34(40)23-24-35(41)36(42)25-39)38-32-21-12-10-19-30(32)37(26-14-6-4-7-15-26)31-20-11-13-22-33(31)38/h3-25H,2H2,1H3/b5-3+,29-18+,34-23+,35-24-,36-25-. The molecule has 192 valence electrons. The number of rotatable bonds is 8. The summed E-state index contributed by atoms with van der Waals surface area (Å²) in [5.41, 5.74) is 7.80. The molecule has 0 aliphatic rings. The average Bonchev–Trinajstić information content (AvgIpc) is 3.04. The summed E-state index contributed by atoms with van der Waals surface area (Å²) < 4.78 is 0. The summed E-state index contributed by atoms with van der Waals surface area (Å²) in [5.74, 6) is 1.28. The first-order valence-corrected chi connectivity index (χ1v) is 14.1. The highest BCUT2D eigenvalue weighted by molar-refractivity contribution is 6.43. The van der Waals surface area contributed by atoms with Crippen LogP contribution in [-0.4, -0.2) is 31.4 Å². The molecule has 0 spiro atoms. The highest BCUT2D eigenvalue weighted by Crippen LogP contribution is 2.44. The Bertz CT molecular complexity index is 1830. The minimum Gasteiger partial charge on any atom is -0.139 e. The molecule has 5 aromatic carbocycles. The topological polar surface area (TPSA) is 0 Å². The second-order valence-corrected chi connectivity index (χ2v) is 10.0. The quantitative estimate of drug-likeness (QED) is 0.107. The third-order valence-electron chi connectivity index (χ3n) is 7.38. The lowest BCUT2D eigenvalue weighted by Gasteiger charge is -2.21. The largest absolute Gasteiger partial charge is 0.139 e. The van der Waals surface area contributed by atoms with Crippen molar-refractivity contribution >= 4 is 64.0 Å². The predicted octanol–water partition coefficient (Wildman–Crippen LogP) is 8.80. The summed E-state index contributed by atoms with van der Waals surface area (Å²) >= 11 is 0. The van der Waals surface area contributed by atoms with Crippen molar-refractivity contribution in [2.45, 2.75) is 13.3 Å². The highest BCUT2D eigenvalue weighted by atomic mass is 14.2. The van der Waals surface area contributed by atoms with Gasteiger partial charge in [0.05, 0.1) is 0 Å². The fraction of sp³-hybridized carbons (Fsp3) is 0.0526. The van der Waals surface area contributed by atoms with Gasteiger partial charge in [0, 0.05) is 0 Å². The molecule has 0 N–H and O–H groups in total. The molecule has 5 aromatic rings. The van der Waals surface area contributed by atoms with Crippen molar-refractivity contribution < 1.29 is 0 Å². The van der Waals surface area contributed by atoms with Gasteiger partial charge in [0.1, 0.15) is 31.4 Å². The van der Waals surface area contributed by atoms with E-state index in [4.69, 9.17) is 31.4 Å². The van der Waals surface area contributed by atoms with Crippen LogP contribution in [-0.2, 0) is 0 Å². The van der Waals surface area contributed by atoms with Gasteiger partial charge in [-0.1, -0.05) is 146 Å². The normalized spacial score (nSPS) is 13.4. The highest BCUT2D eigenvalue weighted by Gasteiger charge is 2.19. The van der Waals surface area contributed by atoms with Crippen LogP contribution < -0.4 is 0 Å². The molecule has 0 saturated carbocycles. The van der Waals surface area contributed by atoms with Gasteiger partial charge in [0.2, 0.25) is 0 Å². The zero-order valence-corrected chi connectivity index (χ0v) is 23.8. The van der Waals surface area contributed by atoms with Gasteiger partial charge >= 0.3 is 0 Å². The smallest absolute Gasteiger partial charge is 0.114 e. The third-order valence-corrected chi connectivity index (χ3v) is 7.38. The Morgan fingerprint density at radius 3 is 1.74 bits per heavy atom. The van der Waals surface area contributed by atoms with Gasteiger partial charge in [-0.05, 0) is 61.4 Å². The van der Waals surface area contributed by atoms with Crippen LogP contribution in [0.25, 0.3) is 43.7 Å². The van der Waals surface area contributed by atoms with Crippen molar-refractivity contribution in [1.29, 1.82) is 0 Å². The lowest BCUT2D eigenvalue weighted by molar-refractivity contribution is 1.22. The van der Waals surface area contributed by atoms with Gasteiger partial charge in [0.25, 0.3) is 0 Å². The molecular formula is C38H28B4. The van der Waals surface area contributed by atoms with E-state index in [1.807, 2.05) is 18.2 Å². The first-order valence-electron chi connectivity index (χ1n) is 14.1. The van der Waals surface area contributed by atoms with Gasteiger partial charge in [-0.3, -0.25) is 0 Å². The molecule has 0 aliphatic heterocycles. The van der Waals surface area contributed by atoms with Crippen molar-refractivity contribution in [2.75, 3.05) is 0 Å². The van der Waals surface area contributed by atoms with E-state index in [2.05, 4.69) is 110 Å². The first kappa shape index (κ1) is 29.1. The van der Waals surface area contributed by atoms with Crippen molar-refractivity contribution in [3.8, 4) is 11.1 Å². The first-order chi connectivity index (χ1) is 20.5. The minimum atomic E-state index is 0.300. The number of hydrogen-bond donors (Lipinski definition) is 0. The molecule has 8 radical (unpaired) electrons. The van der Waals surface area contributed by atoms with Crippen LogP contribution in [0.2, 0.25) is 0 Å². The molecular weight excluding hydrogens is 500 g/mol. The molecule has 0 atom stereocenters. The fourth-order valence-electron chi connectivity index (χ4n) is 5.37. The van der Waals surface area contributed by atoms with Gasteiger partial charge in [0.15, 0.2) is 0 Å². The molecule has 4 heteroatoms. The molecule has 0 aromatic heterocycles. The molecule has 0 aliphatic carbocycles. The summed E-state index contributed by atoms with van der Waals surface area (Å²) in [6, 6.07) is 36.1. The lowest BCUT2D eigenvalue weighted by atomic mass is 9.74. The Hall–Kier alpha value is -4.42. The maximum absolute atomic E-state index is 6.71. The van der Waals surface area contributed by atoms with Gasteiger partial charge in [-0.25, -0.2) is 0 Å². The van der Waals surface area contributed by atoms with E-state index in [0.717, 1.165) is 28.7 Å². The van der Waals surface area contributed by atoms with Crippen LogP contribution in [0.1, 0.15) is 30.0 Å². The van der Waals surface area contributed by atoms with Crippen LogP contribution in [0, 0.1) is 0 Å². The zero-order chi connectivity index (χ0) is 29.5.